The van der Waals surface area contributed by atoms with Crippen LogP contribution in [0.25, 0.3) is 43.9 Å². The van der Waals surface area contributed by atoms with Gasteiger partial charge in [-0.3, -0.25) is 0 Å². The SMILES string of the molecule is c1ccc2oc(-c3ccsc3-c3cc4ccccc4o3)cc2c1. The van der Waals surface area contributed by atoms with Gasteiger partial charge in [0.05, 0.1) is 4.88 Å². The quantitative estimate of drug-likeness (QED) is 0.368. The summed E-state index contributed by atoms with van der Waals surface area (Å²) in [7, 11) is 0. The largest absolute Gasteiger partial charge is 0.456 e. The summed E-state index contributed by atoms with van der Waals surface area (Å²) in [5.41, 5.74) is 2.89. The Morgan fingerprint density at radius 1 is 0.652 bits per heavy atom. The van der Waals surface area contributed by atoms with Crippen molar-refractivity contribution >= 4 is 33.3 Å². The van der Waals surface area contributed by atoms with Gasteiger partial charge in [-0.1, -0.05) is 36.4 Å². The third-order valence-electron chi connectivity index (χ3n) is 4.01. The summed E-state index contributed by atoms with van der Waals surface area (Å²) in [6.07, 6.45) is 0. The van der Waals surface area contributed by atoms with Gasteiger partial charge in [0.2, 0.25) is 0 Å². The van der Waals surface area contributed by atoms with E-state index in [4.69, 9.17) is 8.83 Å². The zero-order valence-corrected chi connectivity index (χ0v) is 13.0. The summed E-state index contributed by atoms with van der Waals surface area (Å²) in [4.78, 5) is 1.10. The third kappa shape index (κ3) is 2.01. The lowest BCUT2D eigenvalue weighted by Gasteiger charge is -1.97. The Kier molecular flexibility index (Phi) is 2.69. The molecular weight excluding hydrogens is 304 g/mol. The second kappa shape index (κ2) is 4.86. The smallest absolute Gasteiger partial charge is 0.146 e. The average molecular weight is 316 g/mol. The Balaban J connectivity index is 1.69. The van der Waals surface area contributed by atoms with Gasteiger partial charge in [0.25, 0.3) is 0 Å². The van der Waals surface area contributed by atoms with Gasteiger partial charge in [-0.2, -0.15) is 0 Å². The fraction of sp³-hybridized carbons (Fsp3) is 0. The minimum Gasteiger partial charge on any atom is -0.456 e. The zero-order chi connectivity index (χ0) is 15.2. The highest BCUT2D eigenvalue weighted by Gasteiger charge is 2.16. The molecule has 3 aromatic heterocycles. The van der Waals surface area contributed by atoms with Crippen LogP contribution in [0.15, 0.2) is 80.9 Å². The molecule has 0 aliphatic rings. The summed E-state index contributed by atoms with van der Waals surface area (Å²) in [6.45, 7) is 0. The molecule has 0 fully saturated rings. The fourth-order valence-corrected chi connectivity index (χ4v) is 3.76. The predicted molar refractivity (Wildman–Crippen MR) is 94.7 cm³/mol. The van der Waals surface area contributed by atoms with Crippen molar-refractivity contribution in [2.45, 2.75) is 0 Å². The molecule has 0 saturated carbocycles. The highest BCUT2D eigenvalue weighted by Crippen LogP contribution is 2.40. The van der Waals surface area contributed by atoms with Gasteiger partial charge in [-0.05, 0) is 35.7 Å². The van der Waals surface area contributed by atoms with E-state index in [2.05, 4.69) is 35.7 Å². The topological polar surface area (TPSA) is 26.3 Å². The van der Waals surface area contributed by atoms with Crippen LogP contribution in [0.4, 0.5) is 0 Å². The molecule has 3 heterocycles. The molecule has 0 aliphatic heterocycles. The Bertz CT molecular complexity index is 972. The Morgan fingerprint density at radius 2 is 1.26 bits per heavy atom. The first-order chi connectivity index (χ1) is 11.4. The first-order valence-corrected chi connectivity index (χ1v) is 8.32. The van der Waals surface area contributed by atoms with Crippen LogP contribution in [0, 0.1) is 0 Å². The lowest BCUT2D eigenvalue weighted by Crippen LogP contribution is -1.72. The summed E-state index contributed by atoms with van der Waals surface area (Å²) < 4.78 is 12.0. The van der Waals surface area contributed by atoms with Crippen molar-refractivity contribution in [2.75, 3.05) is 0 Å². The molecule has 0 radical (unpaired) electrons. The number of furan rings is 2. The molecule has 0 aliphatic carbocycles. The second-order valence-corrected chi connectivity index (χ2v) is 6.38. The Hall–Kier alpha value is -2.78. The van der Waals surface area contributed by atoms with E-state index in [1.54, 1.807) is 11.3 Å². The van der Waals surface area contributed by atoms with Gasteiger partial charge in [0.15, 0.2) is 0 Å². The standard InChI is InChI=1S/C20H12O2S/c1-3-7-16-13(5-1)11-18(21-16)15-9-10-23-20(15)19-12-14-6-2-4-8-17(14)22-19/h1-12H. The van der Waals surface area contributed by atoms with E-state index in [-0.39, 0.29) is 0 Å². The summed E-state index contributed by atoms with van der Waals surface area (Å²) >= 11 is 1.67. The molecule has 2 nitrogen and oxygen atoms in total. The lowest BCUT2D eigenvalue weighted by molar-refractivity contribution is 0.625. The minimum atomic E-state index is 0.878. The maximum Gasteiger partial charge on any atom is 0.146 e. The molecule has 0 N–H and O–H groups in total. The van der Waals surface area contributed by atoms with E-state index in [1.807, 2.05) is 36.4 Å². The third-order valence-corrected chi connectivity index (χ3v) is 4.93. The van der Waals surface area contributed by atoms with Crippen molar-refractivity contribution in [1.82, 2.24) is 0 Å². The number of rotatable bonds is 2. The van der Waals surface area contributed by atoms with Crippen LogP contribution in [0.1, 0.15) is 0 Å². The van der Waals surface area contributed by atoms with Crippen molar-refractivity contribution in [3.05, 3.63) is 72.1 Å². The van der Waals surface area contributed by atoms with Crippen LogP contribution in [0.2, 0.25) is 0 Å². The molecule has 5 aromatic rings. The van der Waals surface area contributed by atoms with Crippen LogP contribution in [-0.4, -0.2) is 0 Å². The molecule has 0 spiro atoms. The Morgan fingerprint density at radius 3 is 1.96 bits per heavy atom. The van der Waals surface area contributed by atoms with Crippen LogP contribution >= 0.6 is 11.3 Å². The number of hydrogen-bond acceptors (Lipinski definition) is 3. The number of fused-ring (bicyclic) bond motifs is 2. The second-order valence-electron chi connectivity index (χ2n) is 5.46. The fourth-order valence-electron chi connectivity index (χ4n) is 2.90. The lowest BCUT2D eigenvalue weighted by atomic mass is 10.1. The maximum atomic E-state index is 6.02. The van der Waals surface area contributed by atoms with Gasteiger partial charge in [-0.15, -0.1) is 11.3 Å². The van der Waals surface area contributed by atoms with Crippen LogP contribution < -0.4 is 0 Å². The molecule has 0 saturated heterocycles. The van der Waals surface area contributed by atoms with Crippen LogP contribution in [0.3, 0.4) is 0 Å². The van der Waals surface area contributed by atoms with Crippen LogP contribution in [0.5, 0.6) is 0 Å². The normalized spacial score (nSPS) is 11.5. The van der Waals surface area contributed by atoms with Gasteiger partial charge in [-0.25, -0.2) is 0 Å². The van der Waals surface area contributed by atoms with Crippen molar-refractivity contribution in [3.8, 4) is 22.0 Å². The first-order valence-electron chi connectivity index (χ1n) is 7.44. The molecule has 5 rings (SSSR count). The predicted octanol–water partition coefficient (Wildman–Crippen LogP) is 6.57. The maximum absolute atomic E-state index is 6.02. The van der Waals surface area contributed by atoms with Gasteiger partial charge < -0.3 is 8.83 Å². The molecular formula is C20H12O2S. The van der Waals surface area contributed by atoms with Crippen molar-refractivity contribution in [2.24, 2.45) is 0 Å². The monoisotopic (exact) mass is 316 g/mol. The Labute approximate surface area is 136 Å². The van der Waals surface area contributed by atoms with E-state index >= 15 is 0 Å². The molecule has 0 unspecified atom stereocenters. The highest BCUT2D eigenvalue weighted by molar-refractivity contribution is 7.14. The van der Waals surface area contributed by atoms with Gasteiger partial charge in [0.1, 0.15) is 22.7 Å². The number of thiophene rings is 1. The molecule has 23 heavy (non-hydrogen) atoms. The number of para-hydroxylation sites is 2. The average Bonchev–Trinajstić information content (AvgIpc) is 3.30. The first kappa shape index (κ1) is 12.7. The van der Waals surface area contributed by atoms with E-state index in [1.165, 1.54) is 0 Å². The molecule has 0 atom stereocenters. The summed E-state index contributed by atoms with van der Waals surface area (Å²) in [6, 6.07) is 22.4. The molecule has 0 bridgehead atoms. The van der Waals surface area contributed by atoms with Crippen molar-refractivity contribution < 1.29 is 8.83 Å². The van der Waals surface area contributed by atoms with Crippen molar-refractivity contribution in [1.29, 1.82) is 0 Å². The van der Waals surface area contributed by atoms with Gasteiger partial charge >= 0.3 is 0 Å². The number of benzene rings is 2. The zero-order valence-electron chi connectivity index (χ0n) is 12.2. The molecule has 2 aromatic carbocycles. The summed E-state index contributed by atoms with van der Waals surface area (Å²) in [5, 5.41) is 4.31. The summed E-state index contributed by atoms with van der Waals surface area (Å²) in [5.74, 6) is 1.76. The van der Waals surface area contributed by atoms with E-state index in [0.29, 0.717) is 0 Å². The molecule has 0 amide bonds. The minimum absolute atomic E-state index is 0.878. The number of hydrogen-bond donors (Lipinski definition) is 0. The van der Waals surface area contributed by atoms with E-state index in [0.717, 1.165) is 43.9 Å². The van der Waals surface area contributed by atoms with E-state index in [9.17, 15) is 0 Å². The molecule has 110 valence electrons. The van der Waals surface area contributed by atoms with Crippen LogP contribution in [-0.2, 0) is 0 Å². The highest BCUT2D eigenvalue weighted by atomic mass is 32.1. The molecule has 3 heteroatoms. The van der Waals surface area contributed by atoms with Gasteiger partial charge in [0, 0.05) is 16.3 Å². The van der Waals surface area contributed by atoms with E-state index < -0.39 is 0 Å². The van der Waals surface area contributed by atoms with Crippen molar-refractivity contribution in [3.63, 3.8) is 0 Å².